The largest absolute Gasteiger partial charge is 0.356 e. The molecule has 0 atom stereocenters. The predicted octanol–water partition coefficient (Wildman–Crippen LogP) is -2.56. The van der Waals surface area contributed by atoms with Crippen molar-refractivity contribution in [2.24, 2.45) is 7.05 Å². The van der Waals surface area contributed by atoms with Crippen LogP contribution in [0.1, 0.15) is 5.56 Å². The molecule has 0 unspecified atom stereocenters. The molecule has 7 nitrogen and oxygen atoms in total. The van der Waals surface area contributed by atoms with Crippen LogP contribution in [0.25, 0.3) is 6.08 Å². The second-order valence-corrected chi connectivity index (χ2v) is 3.43. The summed E-state index contributed by atoms with van der Waals surface area (Å²) in [5.74, 6) is -0.304. The maximum atomic E-state index is 11.4. The highest BCUT2D eigenvalue weighted by atomic mass is 16.2. The highest BCUT2D eigenvalue weighted by Crippen LogP contribution is 1.90. The van der Waals surface area contributed by atoms with Crippen molar-refractivity contribution in [1.29, 1.82) is 0 Å². The lowest BCUT2D eigenvalue weighted by atomic mass is 10.3. The fourth-order valence-electron chi connectivity index (χ4n) is 1.14. The van der Waals surface area contributed by atoms with Gasteiger partial charge in [-0.15, -0.1) is 0 Å². The monoisotopic (exact) mass is 239 g/mol. The van der Waals surface area contributed by atoms with Gasteiger partial charge in [0.25, 0.3) is 5.56 Å². The van der Waals surface area contributed by atoms with Crippen LogP contribution in [0.15, 0.2) is 21.9 Å². The molecule has 0 aliphatic heterocycles. The van der Waals surface area contributed by atoms with Gasteiger partial charge in [0.2, 0.25) is 5.91 Å². The molecule has 7 heteroatoms. The summed E-state index contributed by atoms with van der Waals surface area (Å²) in [5, 5.41) is 2.58. The minimum absolute atomic E-state index is 0.247. The van der Waals surface area contributed by atoms with Gasteiger partial charge in [-0.2, -0.15) is 0 Å². The van der Waals surface area contributed by atoms with Crippen LogP contribution in [0.4, 0.5) is 0 Å². The van der Waals surface area contributed by atoms with Gasteiger partial charge in [0.1, 0.15) is 0 Å². The fraction of sp³-hybridized carbons (Fsp3) is 0.300. The Morgan fingerprint density at radius 2 is 2.29 bits per heavy atom. The molecule has 17 heavy (non-hydrogen) atoms. The summed E-state index contributed by atoms with van der Waals surface area (Å²) < 4.78 is 1.23. The second kappa shape index (κ2) is 5.80. The van der Waals surface area contributed by atoms with E-state index in [9.17, 15) is 14.4 Å². The third-order valence-corrected chi connectivity index (χ3v) is 2.03. The lowest BCUT2D eigenvalue weighted by Gasteiger charge is -1.98. The van der Waals surface area contributed by atoms with Crippen LogP contribution < -0.4 is 22.3 Å². The Kier molecular flexibility index (Phi) is 4.41. The number of aromatic nitrogens is 2. The molecule has 1 rings (SSSR count). The predicted molar refractivity (Wildman–Crippen MR) is 62.1 cm³/mol. The summed E-state index contributed by atoms with van der Waals surface area (Å²) in [6, 6.07) is 0. The molecule has 0 spiro atoms. The van der Waals surface area contributed by atoms with Crippen molar-refractivity contribution in [1.82, 2.24) is 14.9 Å². The number of quaternary nitrogens is 1. The average molecular weight is 239 g/mol. The molecule has 1 aromatic heterocycles. The maximum absolute atomic E-state index is 11.4. The van der Waals surface area contributed by atoms with Gasteiger partial charge in [-0.05, 0) is 6.08 Å². The van der Waals surface area contributed by atoms with Crippen LogP contribution >= 0.6 is 0 Å². The summed E-state index contributed by atoms with van der Waals surface area (Å²) in [7, 11) is 1.51. The molecule has 0 aromatic carbocycles. The van der Waals surface area contributed by atoms with Crippen LogP contribution in [0.2, 0.25) is 0 Å². The van der Waals surface area contributed by atoms with Crippen LogP contribution in [-0.2, 0) is 11.8 Å². The number of nitrogens with zero attached hydrogens (tertiary/aromatic N) is 1. The molecule has 5 N–H and O–H groups in total. The van der Waals surface area contributed by atoms with Gasteiger partial charge in [0.05, 0.1) is 18.7 Å². The van der Waals surface area contributed by atoms with Gasteiger partial charge in [0, 0.05) is 19.3 Å². The summed E-state index contributed by atoms with van der Waals surface area (Å²) in [4.78, 5) is 35.8. The third-order valence-electron chi connectivity index (χ3n) is 2.03. The molecule has 0 bridgehead atoms. The smallest absolute Gasteiger partial charge is 0.328 e. The van der Waals surface area contributed by atoms with Gasteiger partial charge in [-0.1, -0.05) is 0 Å². The Morgan fingerprint density at radius 3 is 2.94 bits per heavy atom. The molecule has 0 aliphatic rings. The molecule has 1 amide bonds. The van der Waals surface area contributed by atoms with Gasteiger partial charge in [0.15, 0.2) is 0 Å². The van der Waals surface area contributed by atoms with Crippen LogP contribution in [0.3, 0.4) is 0 Å². The van der Waals surface area contributed by atoms with Crippen molar-refractivity contribution in [3.8, 4) is 0 Å². The number of H-pyrrole nitrogens is 1. The fourth-order valence-corrected chi connectivity index (χ4v) is 1.14. The molecule has 0 fully saturated rings. The van der Waals surface area contributed by atoms with E-state index in [1.54, 1.807) is 0 Å². The third kappa shape index (κ3) is 3.72. The van der Waals surface area contributed by atoms with E-state index in [0.29, 0.717) is 13.1 Å². The lowest BCUT2D eigenvalue weighted by molar-refractivity contribution is -0.364. The Morgan fingerprint density at radius 1 is 1.59 bits per heavy atom. The molecule has 0 saturated carbocycles. The number of nitrogens with one attached hydrogen (secondary N) is 2. The van der Waals surface area contributed by atoms with E-state index in [0.717, 1.165) is 0 Å². The Labute approximate surface area is 97.0 Å². The van der Waals surface area contributed by atoms with Gasteiger partial charge in [-0.25, -0.2) is 4.79 Å². The molecular weight excluding hydrogens is 224 g/mol. The van der Waals surface area contributed by atoms with Gasteiger partial charge < -0.3 is 15.6 Å². The first-order valence-corrected chi connectivity index (χ1v) is 5.09. The van der Waals surface area contributed by atoms with Crippen LogP contribution in [-0.4, -0.2) is 28.5 Å². The zero-order chi connectivity index (χ0) is 12.8. The number of aromatic amines is 1. The van der Waals surface area contributed by atoms with Crippen molar-refractivity contribution in [3.05, 3.63) is 38.7 Å². The summed E-state index contributed by atoms with van der Waals surface area (Å²) in [6.45, 7) is 1.08. The topological polar surface area (TPSA) is 112 Å². The summed E-state index contributed by atoms with van der Waals surface area (Å²) in [6.07, 6.45) is 3.97. The van der Waals surface area contributed by atoms with Crippen molar-refractivity contribution in [2.75, 3.05) is 13.1 Å². The summed E-state index contributed by atoms with van der Waals surface area (Å²) >= 11 is 0. The first kappa shape index (κ1) is 12.9. The lowest BCUT2D eigenvalue weighted by Crippen LogP contribution is -2.54. The van der Waals surface area contributed by atoms with E-state index in [-0.39, 0.29) is 11.5 Å². The van der Waals surface area contributed by atoms with E-state index in [1.165, 1.54) is 30.0 Å². The minimum Gasteiger partial charge on any atom is -0.356 e. The summed E-state index contributed by atoms with van der Waals surface area (Å²) in [5.41, 5.74) is 2.82. The average Bonchev–Trinajstić information content (AvgIpc) is 2.29. The normalized spacial score (nSPS) is 10.7. The molecule has 0 saturated heterocycles. The molecule has 0 radical (unpaired) electrons. The number of amides is 1. The maximum Gasteiger partial charge on any atom is 0.328 e. The highest BCUT2D eigenvalue weighted by Gasteiger charge is 2.00. The van der Waals surface area contributed by atoms with Crippen molar-refractivity contribution < 1.29 is 10.5 Å². The molecule has 92 valence electrons. The number of rotatable bonds is 4. The van der Waals surface area contributed by atoms with Crippen molar-refractivity contribution in [3.63, 3.8) is 0 Å². The Balaban J connectivity index is 2.85. The van der Waals surface area contributed by atoms with E-state index in [1.807, 2.05) is 0 Å². The number of hydrogen-bond acceptors (Lipinski definition) is 3. The SMILES string of the molecule is Cn1cc(C=CC(=O)NCC[NH3+])c(=O)[nH]c1=O. The zero-order valence-electron chi connectivity index (χ0n) is 9.53. The first-order valence-electron chi connectivity index (χ1n) is 5.09. The zero-order valence-corrected chi connectivity index (χ0v) is 9.53. The van der Waals surface area contributed by atoms with Crippen molar-refractivity contribution >= 4 is 12.0 Å². The highest BCUT2D eigenvalue weighted by molar-refractivity contribution is 5.91. The minimum atomic E-state index is -0.519. The quantitative estimate of drug-likeness (QED) is 0.503. The first-order chi connectivity index (χ1) is 8.04. The molecule has 1 aromatic rings. The number of hydrogen-bond donors (Lipinski definition) is 3. The Hall–Kier alpha value is -2.15. The van der Waals surface area contributed by atoms with E-state index < -0.39 is 11.2 Å². The van der Waals surface area contributed by atoms with Gasteiger partial charge in [-0.3, -0.25) is 14.6 Å². The molecule has 0 aliphatic carbocycles. The van der Waals surface area contributed by atoms with Crippen molar-refractivity contribution in [2.45, 2.75) is 0 Å². The van der Waals surface area contributed by atoms with E-state index >= 15 is 0 Å². The van der Waals surface area contributed by atoms with E-state index in [4.69, 9.17) is 0 Å². The van der Waals surface area contributed by atoms with Crippen LogP contribution in [0, 0.1) is 0 Å². The van der Waals surface area contributed by atoms with Gasteiger partial charge >= 0.3 is 5.69 Å². The van der Waals surface area contributed by atoms with E-state index in [2.05, 4.69) is 16.0 Å². The second-order valence-electron chi connectivity index (χ2n) is 3.43. The van der Waals surface area contributed by atoms with Crippen LogP contribution in [0.5, 0.6) is 0 Å². The molecular formula is C10H15N4O3+. The number of aryl methyl sites for hydroxylation is 1. The Bertz CT molecular complexity index is 541. The standard InChI is InChI=1S/C10H14N4O3/c1-14-6-7(9(16)13-10(14)17)2-3-8(15)12-5-4-11/h2-3,6H,4-5,11H2,1H3,(H,12,15)(H,13,16,17)/p+1. The number of carbonyl (C=O) groups is 1. The molecule has 1 heterocycles. The number of carbonyl (C=O) groups excluding carboxylic acids is 1.